The van der Waals surface area contributed by atoms with E-state index < -0.39 is 15.7 Å². The van der Waals surface area contributed by atoms with Crippen LogP contribution in [0.4, 0.5) is 10.1 Å². The summed E-state index contributed by atoms with van der Waals surface area (Å²) < 4.78 is 36.5. The minimum atomic E-state index is -3.20. The predicted molar refractivity (Wildman–Crippen MR) is 79.6 cm³/mol. The first kappa shape index (κ1) is 15.3. The van der Waals surface area contributed by atoms with Crippen molar-refractivity contribution in [3.05, 3.63) is 53.8 Å². The molecule has 0 aliphatic carbocycles. The van der Waals surface area contributed by atoms with E-state index >= 15 is 0 Å². The Morgan fingerprint density at radius 2 is 1.81 bits per heavy atom. The van der Waals surface area contributed by atoms with Crippen molar-refractivity contribution in [1.82, 2.24) is 0 Å². The third-order valence-electron chi connectivity index (χ3n) is 3.03. The fourth-order valence-corrected chi connectivity index (χ4v) is 2.77. The molecule has 0 aliphatic heterocycles. The van der Waals surface area contributed by atoms with E-state index in [-0.39, 0.29) is 16.4 Å². The molecule has 6 heteroatoms. The van der Waals surface area contributed by atoms with E-state index in [9.17, 15) is 17.9 Å². The number of benzene rings is 2. The first-order valence-corrected chi connectivity index (χ1v) is 8.11. The zero-order valence-electron chi connectivity index (χ0n) is 11.5. The number of sulfone groups is 1. The van der Waals surface area contributed by atoms with Gasteiger partial charge in [-0.05, 0) is 42.0 Å². The van der Waals surface area contributed by atoms with Crippen LogP contribution >= 0.6 is 0 Å². The van der Waals surface area contributed by atoms with Crippen LogP contribution in [0.25, 0.3) is 0 Å². The number of phenols is 1. The molecule has 0 unspecified atom stereocenters. The lowest BCUT2D eigenvalue weighted by Crippen LogP contribution is -2.04. The van der Waals surface area contributed by atoms with E-state index in [0.29, 0.717) is 17.8 Å². The molecule has 4 nitrogen and oxygen atoms in total. The van der Waals surface area contributed by atoms with Crippen LogP contribution in [0, 0.1) is 5.82 Å². The van der Waals surface area contributed by atoms with Gasteiger partial charge < -0.3 is 10.4 Å². The molecule has 0 spiro atoms. The van der Waals surface area contributed by atoms with E-state index in [4.69, 9.17) is 0 Å². The molecule has 2 aromatic rings. The third kappa shape index (κ3) is 3.95. The zero-order valence-corrected chi connectivity index (χ0v) is 12.3. The zero-order chi connectivity index (χ0) is 15.5. The Balaban J connectivity index is 2.07. The highest BCUT2D eigenvalue weighted by molar-refractivity contribution is 7.91. The van der Waals surface area contributed by atoms with Crippen LogP contribution in [0.1, 0.15) is 12.5 Å². The van der Waals surface area contributed by atoms with Gasteiger partial charge >= 0.3 is 0 Å². The van der Waals surface area contributed by atoms with E-state index in [2.05, 4.69) is 5.32 Å². The second kappa shape index (κ2) is 6.13. The van der Waals surface area contributed by atoms with Gasteiger partial charge in [0.1, 0.15) is 11.6 Å². The number of rotatable bonds is 5. The maximum atomic E-state index is 13.1. The molecular formula is C15H16FNO3S. The molecule has 0 radical (unpaired) electrons. The lowest BCUT2D eigenvalue weighted by atomic mass is 10.2. The minimum Gasteiger partial charge on any atom is -0.508 e. The lowest BCUT2D eigenvalue weighted by molar-refractivity contribution is 0.468. The summed E-state index contributed by atoms with van der Waals surface area (Å²) in [6.45, 7) is 1.92. The van der Waals surface area contributed by atoms with Crippen molar-refractivity contribution in [2.45, 2.75) is 18.4 Å². The number of nitrogens with one attached hydrogen (secondary N) is 1. The molecule has 2 N–H and O–H groups in total. The summed E-state index contributed by atoms with van der Waals surface area (Å²) in [6, 6.07) is 10.2. The van der Waals surface area contributed by atoms with Gasteiger partial charge in [-0.15, -0.1) is 0 Å². The van der Waals surface area contributed by atoms with Crippen molar-refractivity contribution in [2.75, 3.05) is 11.1 Å². The van der Waals surface area contributed by atoms with Crippen LogP contribution < -0.4 is 5.32 Å². The van der Waals surface area contributed by atoms with Gasteiger partial charge in [-0.2, -0.15) is 0 Å². The van der Waals surface area contributed by atoms with Crippen LogP contribution in [0.2, 0.25) is 0 Å². The highest BCUT2D eigenvalue weighted by Gasteiger charge is 2.10. The topological polar surface area (TPSA) is 66.4 Å². The predicted octanol–water partition coefficient (Wildman–Crippen LogP) is 2.94. The number of hydrogen-bond donors (Lipinski definition) is 2. The number of hydrogen-bond acceptors (Lipinski definition) is 4. The molecule has 0 amide bonds. The normalized spacial score (nSPS) is 11.3. The van der Waals surface area contributed by atoms with E-state index in [0.717, 1.165) is 6.07 Å². The Kier molecular flexibility index (Phi) is 4.47. The van der Waals surface area contributed by atoms with Crippen molar-refractivity contribution in [3.63, 3.8) is 0 Å². The number of halogens is 1. The summed E-state index contributed by atoms with van der Waals surface area (Å²) in [5.74, 6) is -0.574. The van der Waals surface area contributed by atoms with Crippen LogP contribution in [0.3, 0.4) is 0 Å². The van der Waals surface area contributed by atoms with Gasteiger partial charge in [0.2, 0.25) is 0 Å². The van der Waals surface area contributed by atoms with Crippen LogP contribution in [-0.2, 0) is 16.4 Å². The molecule has 0 atom stereocenters. The largest absolute Gasteiger partial charge is 0.508 e. The Labute approximate surface area is 123 Å². The van der Waals surface area contributed by atoms with E-state index in [1.807, 2.05) is 0 Å². The van der Waals surface area contributed by atoms with Gasteiger partial charge in [0, 0.05) is 18.3 Å². The molecule has 0 bridgehead atoms. The van der Waals surface area contributed by atoms with Gasteiger partial charge in [0.15, 0.2) is 9.84 Å². The fourth-order valence-electron chi connectivity index (χ4n) is 1.89. The van der Waals surface area contributed by atoms with Crippen LogP contribution in [0.15, 0.2) is 47.4 Å². The molecule has 21 heavy (non-hydrogen) atoms. The highest BCUT2D eigenvalue weighted by Crippen LogP contribution is 2.18. The Morgan fingerprint density at radius 1 is 1.14 bits per heavy atom. The first-order valence-electron chi connectivity index (χ1n) is 6.46. The molecule has 0 aliphatic rings. The van der Waals surface area contributed by atoms with Gasteiger partial charge in [0.05, 0.1) is 10.6 Å². The molecular weight excluding hydrogens is 293 g/mol. The summed E-state index contributed by atoms with van der Waals surface area (Å²) in [7, 11) is -3.20. The standard InChI is InChI=1S/C15H16FNO3S/c1-2-21(19,20)15-5-3-13(4-6-15)17-10-11-7-12(16)9-14(18)8-11/h3-9,17-18H,2,10H2,1H3. The van der Waals surface area contributed by atoms with Gasteiger partial charge in [0.25, 0.3) is 0 Å². The molecule has 0 fully saturated rings. The number of aromatic hydroxyl groups is 1. The summed E-state index contributed by atoms with van der Waals surface area (Å²) in [5, 5.41) is 12.3. The molecule has 0 saturated heterocycles. The second-order valence-electron chi connectivity index (χ2n) is 4.60. The second-order valence-corrected chi connectivity index (χ2v) is 6.88. The van der Waals surface area contributed by atoms with Crippen molar-refractivity contribution in [2.24, 2.45) is 0 Å². The average molecular weight is 309 g/mol. The number of phenolic OH excluding ortho intramolecular Hbond substituents is 1. The van der Waals surface area contributed by atoms with Gasteiger partial charge in [-0.1, -0.05) is 6.92 Å². The average Bonchev–Trinajstić information content (AvgIpc) is 2.44. The molecule has 0 aromatic heterocycles. The Bertz CT molecular complexity index is 707. The van der Waals surface area contributed by atoms with Crippen molar-refractivity contribution in [3.8, 4) is 5.75 Å². The Morgan fingerprint density at radius 3 is 2.38 bits per heavy atom. The van der Waals surface area contributed by atoms with Crippen LogP contribution in [-0.4, -0.2) is 19.3 Å². The summed E-state index contributed by atoms with van der Waals surface area (Å²) >= 11 is 0. The van der Waals surface area contributed by atoms with E-state index in [1.165, 1.54) is 24.3 Å². The van der Waals surface area contributed by atoms with Gasteiger partial charge in [-0.25, -0.2) is 12.8 Å². The maximum absolute atomic E-state index is 13.1. The SMILES string of the molecule is CCS(=O)(=O)c1ccc(NCc2cc(O)cc(F)c2)cc1. The Hall–Kier alpha value is -2.08. The van der Waals surface area contributed by atoms with E-state index in [1.54, 1.807) is 19.1 Å². The summed E-state index contributed by atoms with van der Waals surface area (Å²) in [5.41, 5.74) is 1.31. The smallest absolute Gasteiger partial charge is 0.178 e. The molecule has 2 rings (SSSR count). The summed E-state index contributed by atoms with van der Waals surface area (Å²) in [4.78, 5) is 0.277. The third-order valence-corrected chi connectivity index (χ3v) is 4.78. The minimum absolute atomic E-state index is 0.0579. The molecule has 0 saturated carbocycles. The number of anilines is 1. The van der Waals surface area contributed by atoms with Crippen molar-refractivity contribution >= 4 is 15.5 Å². The molecule has 0 heterocycles. The quantitative estimate of drug-likeness (QED) is 0.891. The summed E-state index contributed by atoms with van der Waals surface area (Å²) in [6.07, 6.45) is 0. The van der Waals surface area contributed by atoms with Crippen molar-refractivity contribution in [1.29, 1.82) is 0 Å². The fraction of sp³-hybridized carbons (Fsp3) is 0.200. The first-order chi connectivity index (χ1) is 9.90. The lowest BCUT2D eigenvalue weighted by Gasteiger charge is -2.08. The monoisotopic (exact) mass is 309 g/mol. The highest BCUT2D eigenvalue weighted by atomic mass is 32.2. The van der Waals surface area contributed by atoms with Crippen molar-refractivity contribution < 1.29 is 17.9 Å². The maximum Gasteiger partial charge on any atom is 0.178 e. The van der Waals surface area contributed by atoms with Gasteiger partial charge in [-0.3, -0.25) is 0 Å². The molecule has 2 aromatic carbocycles. The van der Waals surface area contributed by atoms with Crippen LogP contribution in [0.5, 0.6) is 5.75 Å². The molecule has 112 valence electrons.